The zero-order valence-corrected chi connectivity index (χ0v) is 14.1. The first-order valence-corrected chi connectivity index (χ1v) is 6.74. The molecule has 5 nitrogen and oxygen atoms in total. The van der Waals surface area contributed by atoms with Gasteiger partial charge in [-0.1, -0.05) is 30.3 Å². The van der Waals surface area contributed by atoms with Gasteiger partial charge in [-0.25, -0.2) is 0 Å². The Kier molecular flexibility index (Phi) is 9.49. The summed E-state index contributed by atoms with van der Waals surface area (Å²) in [6, 6.07) is 11.4. The Morgan fingerprint density at radius 3 is 2.50 bits per heavy atom. The summed E-state index contributed by atoms with van der Waals surface area (Å²) in [6.45, 7) is 3.41. The van der Waals surface area contributed by atoms with E-state index < -0.39 is 0 Å². The topological polar surface area (TPSA) is 64.2 Å². The summed E-state index contributed by atoms with van der Waals surface area (Å²) in [5.41, 5.74) is 6.72. The summed E-state index contributed by atoms with van der Waals surface area (Å²) in [4.78, 5) is 14.3. The van der Waals surface area contributed by atoms with E-state index in [0.29, 0.717) is 19.6 Å². The van der Waals surface area contributed by atoms with Gasteiger partial charge in [-0.2, -0.15) is 5.10 Å². The summed E-state index contributed by atoms with van der Waals surface area (Å²) >= 11 is 0. The highest BCUT2D eigenvalue weighted by molar-refractivity contribution is 5.85. The average molecular weight is 345 g/mol. The molecule has 2 N–H and O–H groups in total. The first-order valence-electron chi connectivity index (χ1n) is 6.74. The van der Waals surface area contributed by atoms with Crippen LogP contribution in [0, 0.1) is 0 Å². The van der Waals surface area contributed by atoms with E-state index in [9.17, 15) is 4.79 Å². The van der Waals surface area contributed by atoms with E-state index in [2.05, 4.69) is 5.10 Å². The third-order valence-electron chi connectivity index (χ3n) is 3.21. The number of halogens is 2. The molecule has 0 aliphatic carbocycles. The molecule has 1 atom stereocenters. The Morgan fingerprint density at radius 1 is 1.27 bits per heavy atom. The lowest BCUT2D eigenvalue weighted by Gasteiger charge is -2.25. The van der Waals surface area contributed by atoms with E-state index in [1.165, 1.54) is 0 Å². The smallest absolute Gasteiger partial charge is 0.247 e. The molecule has 0 saturated heterocycles. The van der Waals surface area contributed by atoms with Crippen molar-refractivity contribution in [3.05, 3.63) is 54.4 Å². The molecule has 122 valence electrons. The lowest BCUT2D eigenvalue weighted by atomic mass is 10.2. The zero-order chi connectivity index (χ0) is 14.4. The van der Waals surface area contributed by atoms with Crippen LogP contribution in [0.1, 0.15) is 18.5 Å². The molecular formula is C15H22Cl2N4O. The van der Waals surface area contributed by atoms with Crippen LogP contribution in [0.5, 0.6) is 0 Å². The summed E-state index contributed by atoms with van der Waals surface area (Å²) < 4.78 is 1.66. The first-order chi connectivity index (χ1) is 9.72. The highest BCUT2D eigenvalue weighted by Gasteiger charge is 2.21. The minimum atomic E-state index is -0.319. The van der Waals surface area contributed by atoms with Gasteiger partial charge in [-0.15, -0.1) is 24.8 Å². The number of rotatable bonds is 6. The van der Waals surface area contributed by atoms with Crippen molar-refractivity contribution in [3.63, 3.8) is 0 Å². The zero-order valence-electron chi connectivity index (χ0n) is 12.5. The van der Waals surface area contributed by atoms with Gasteiger partial charge in [-0.3, -0.25) is 9.48 Å². The predicted octanol–water partition coefficient (Wildman–Crippen LogP) is 2.28. The van der Waals surface area contributed by atoms with Crippen LogP contribution in [0.25, 0.3) is 0 Å². The number of aromatic nitrogens is 2. The van der Waals surface area contributed by atoms with E-state index in [1.54, 1.807) is 22.0 Å². The summed E-state index contributed by atoms with van der Waals surface area (Å²) in [6.07, 6.45) is 3.47. The van der Waals surface area contributed by atoms with Crippen LogP contribution in [0.2, 0.25) is 0 Å². The van der Waals surface area contributed by atoms with Crippen LogP contribution in [-0.4, -0.2) is 33.7 Å². The first kappa shape index (κ1) is 20.4. The van der Waals surface area contributed by atoms with Crippen molar-refractivity contribution < 1.29 is 4.79 Å². The van der Waals surface area contributed by atoms with Crippen LogP contribution in [0.15, 0.2) is 48.8 Å². The second-order valence-corrected chi connectivity index (χ2v) is 4.70. The largest absolute Gasteiger partial charge is 0.335 e. The molecule has 1 aromatic heterocycles. The summed E-state index contributed by atoms with van der Waals surface area (Å²) in [7, 11) is 0. The predicted molar refractivity (Wildman–Crippen MR) is 92.3 cm³/mol. The average Bonchev–Trinajstić information content (AvgIpc) is 3.00. The fraction of sp³-hybridized carbons (Fsp3) is 0.333. The molecule has 2 rings (SSSR count). The number of nitrogens with two attached hydrogens (primary N) is 1. The Balaban J connectivity index is 0.00000220. The molecule has 7 heteroatoms. The molecule has 22 heavy (non-hydrogen) atoms. The molecule has 0 aliphatic rings. The van der Waals surface area contributed by atoms with Gasteiger partial charge in [0, 0.05) is 32.0 Å². The normalized spacial score (nSPS) is 11.0. The monoisotopic (exact) mass is 344 g/mol. The van der Waals surface area contributed by atoms with Gasteiger partial charge in [0.15, 0.2) is 0 Å². The van der Waals surface area contributed by atoms with Crippen molar-refractivity contribution in [1.82, 2.24) is 14.7 Å². The number of carbonyl (C=O) groups is 1. The molecule has 2 aromatic rings. The number of hydrogen-bond donors (Lipinski definition) is 1. The van der Waals surface area contributed by atoms with E-state index in [4.69, 9.17) is 5.73 Å². The second-order valence-electron chi connectivity index (χ2n) is 4.70. The number of benzene rings is 1. The maximum absolute atomic E-state index is 12.5. The van der Waals surface area contributed by atoms with Crippen LogP contribution < -0.4 is 5.73 Å². The van der Waals surface area contributed by atoms with Crippen LogP contribution in [0.3, 0.4) is 0 Å². The van der Waals surface area contributed by atoms with Gasteiger partial charge in [0.05, 0.1) is 0 Å². The third-order valence-corrected chi connectivity index (χ3v) is 3.21. The van der Waals surface area contributed by atoms with Crippen molar-refractivity contribution in [2.24, 2.45) is 5.73 Å². The van der Waals surface area contributed by atoms with E-state index in [-0.39, 0.29) is 36.8 Å². The van der Waals surface area contributed by atoms with E-state index in [1.807, 2.05) is 43.3 Å². The number of nitrogens with zero attached hydrogens (tertiary/aromatic N) is 3. The lowest BCUT2D eigenvalue weighted by Crippen LogP contribution is -2.39. The maximum Gasteiger partial charge on any atom is 0.247 e. The molecule has 0 fully saturated rings. The summed E-state index contributed by atoms with van der Waals surface area (Å²) in [5.74, 6) is 0.0306. The Hall–Kier alpha value is -1.56. The quantitative estimate of drug-likeness (QED) is 0.874. The fourth-order valence-corrected chi connectivity index (χ4v) is 2.11. The molecular weight excluding hydrogens is 323 g/mol. The van der Waals surface area contributed by atoms with Crippen LogP contribution in [-0.2, 0) is 11.3 Å². The minimum absolute atomic E-state index is 0. The van der Waals surface area contributed by atoms with Crippen molar-refractivity contribution in [2.45, 2.75) is 19.5 Å². The van der Waals surface area contributed by atoms with E-state index >= 15 is 0 Å². The minimum Gasteiger partial charge on any atom is -0.335 e. The van der Waals surface area contributed by atoms with Crippen LogP contribution in [0.4, 0.5) is 0 Å². The highest BCUT2D eigenvalue weighted by atomic mass is 35.5. The standard InChI is InChI=1S/C15H20N4O.2ClH/c1-13(19-10-5-9-17-19)15(20)18(11-8-16)12-14-6-3-2-4-7-14;;/h2-7,9-10,13H,8,11-12,16H2,1H3;2*1H. The molecule has 0 bridgehead atoms. The van der Waals surface area contributed by atoms with Gasteiger partial charge in [0.25, 0.3) is 0 Å². The van der Waals surface area contributed by atoms with E-state index in [0.717, 1.165) is 5.56 Å². The van der Waals surface area contributed by atoms with Gasteiger partial charge in [-0.05, 0) is 18.6 Å². The van der Waals surface area contributed by atoms with Gasteiger partial charge in [0.2, 0.25) is 5.91 Å². The van der Waals surface area contributed by atoms with Crippen molar-refractivity contribution in [2.75, 3.05) is 13.1 Å². The molecule has 1 aromatic carbocycles. The molecule has 0 saturated carbocycles. The number of amides is 1. The Morgan fingerprint density at radius 2 is 1.95 bits per heavy atom. The highest BCUT2D eigenvalue weighted by Crippen LogP contribution is 2.12. The van der Waals surface area contributed by atoms with Gasteiger partial charge < -0.3 is 10.6 Å². The fourth-order valence-electron chi connectivity index (χ4n) is 2.11. The molecule has 1 heterocycles. The third kappa shape index (κ3) is 5.33. The van der Waals surface area contributed by atoms with Crippen LogP contribution >= 0.6 is 24.8 Å². The van der Waals surface area contributed by atoms with Gasteiger partial charge >= 0.3 is 0 Å². The van der Waals surface area contributed by atoms with Crippen molar-refractivity contribution in [3.8, 4) is 0 Å². The Labute approximate surface area is 143 Å². The summed E-state index contributed by atoms with van der Waals surface area (Å²) in [5, 5.41) is 4.12. The molecule has 1 unspecified atom stereocenters. The molecule has 0 radical (unpaired) electrons. The molecule has 0 spiro atoms. The number of carbonyl (C=O) groups excluding carboxylic acids is 1. The molecule has 0 aliphatic heterocycles. The Bertz CT molecular complexity index is 534. The number of hydrogen-bond acceptors (Lipinski definition) is 3. The second kappa shape index (κ2) is 10.2. The SMILES string of the molecule is CC(C(=O)N(CCN)Cc1ccccc1)n1cccn1.Cl.Cl. The molecule has 1 amide bonds. The lowest BCUT2D eigenvalue weighted by molar-refractivity contribution is -0.135. The van der Waals surface area contributed by atoms with Crippen molar-refractivity contribution >= 4 is 30.7 Å². The maximum atomic E-state index is 12.5. The van der Waals surface area contributed by atoms with Crippen molar-refractivity contribution in [1.29, 1.82) is 0 Å². The van der Waals surface area contributed by atoms with Gasteiger partial charge in [0.1, 0.15) is 6.04 Å².